The minimum Gasteiger partial charge on any atom is -0.370 e. The van der Waals surface area contributed by atoms with E-state index in [0.717, 1.165) is 12.3 Å². The van der Waals surface area contributed by atoms with Crippen molar-refractivity contribution in [3.05, 3.63) is 29.7 Å². The number of aromatic nitrogens is 3. The van der Waals surface area contributed by atoms with Crippen LogP contribution in [-0.2, 0) is 12.7 Å². The summed E-state index contributed by atoms with van der Waals surface area (Å²) >= 11 is 0. The Kier molecular flexibility index (Phi) is 5.36. The fourth-order valence-corrected chi connectivity index (χ4v) is 1.51. The summed E-state index contributed by atoms with van der Waals surface area (Å²) in [5, 5.41) is 7.60. The summed E-state index contributed by atoms with van der Waals surface area (Å²) in [4.78, 5) is 5.61. The monoisotopic (exact) mass is 414 g/mol. The molecule has 0 radical (unpaired) electrons. The van der Waals surface area contributed by atoms with Gasteiger partial charge >= 0.3 is 6.18 Å². The van der Waals surface area contributed by atoms with Crippen molar-refractivity contribution in [2.75, 3.05) is 14.1 Å². The molecule has 2 N–H and O–H groups in total. The number of rotatable bonds is 2. The van der Waals surface area contributed by atoms with Crippen LogP contribution >= 0.6 is 24.0 Å². The Bertz CT molecular complexity index is 649. The highest BCUT2D eigenvalue weighted by atomic mass is 127. The van der Waals surface area contributed by atoms with E-state index in [2.05, 4.69) is 15.2 Å². The van der Waals surface area contributed by atoms with Gasteiger partial charge in [-0.3, -0.25) is 4.40 Å². The zero-order chi connectivity index (χ0) is 14.9. The van der Waals surface area contributed by atoms with Crippen molar-refractivity contribution < 1.29 is 13.2 Å². The second kappa shape index (κ2) is 6.45. The second-order valence-corrected chi connectivity index (χ2v) is 4.33. The topological polar surface area (TPSA) is 71.8 Å². The van der Waals surface area contributed by atoms with Gasteiger partial charge in [0.25, 0.3) is 0 Å². The van der Waals surface area contributed by atoms with E-state index < -0.39 is 11.7 Å². The Morgan fingerprint density at radius 3 is 2.57 bits per heavy atom. The third-order valence-electron chi connectivity index (χ3n) is 2.64. The molecule has 10 heteroatoms. The van der Waals surface area contributed by atoms with Crippen molar-refractivity contribution in [1.82, 2.24) is 19.5 Å². The maximum atomic E-state index is 12.7. The summed E-state index contributed by atoms with van der Waals surface area (Å²) in [7, 11) is 3.42. The zero-order valence-corrected chi connectivity index (χ0v) is 13.6. The maximum absolute atomic E-state index is 12.7. The molecule has 0 spiro atoms. The Hall–Kier alpha value is -1.59. The largest absolute Gasteiger partial charge is 0.417 e. The van der Waals surface area contributed by atoms with E-state index in [4.69, 9.17) is 5.73 Å². The van der Waals surface area contributed by atoms with E-state index in [-0.39, 0.29) is 42.3 Å². The molecule has 0 aliphatic heterocycles. The summed E-state index contributed by atoms with van der Waals surface area (Å²) in [6, 6.07) is 2.23. The van der Waals surface area contributed by atoms with Crippen molar-refractivity contribution in [3.63, 3.8) is 0 Å². The average molecular weight is 414 g/mol. The van der Waals surface area contributed by atoms with Crippen LogP contribution < -0.4 is 5.73 Å². The van der Waals surface area contributed by atoms with Gasteiger partial charge in [-0.2, -0.15) is 13.2 Å². The summed E-state index contributed by atoms with van der Waals surface area (Å²) in [5.41, 5.74) is 5.17. The van der Waals surface area contributed by atoms with Gasteiger partial charge in [0.1, 0.15) is 6.54 Å². The van der Waals surface area contributed by atoms with Crippen LogP contribution in [0, 0.1) is 0 Å². The number of aliphatic imine (C=N–C) groups is 1. The quantitative estimate of drug-likeness (QED) is 0.462. The molecule has 0 aliphatic rings. The van der Waals surface area contributed by atoms with E-state index in [9.17, 15) is 13.2 Å². The molecule has 0 unspecified atom stereocenters. The summed E-state index contributed by atoms with van der Waals surface area (Å²) in [6.07, 6.45) is -3.46. The predicted molar refractivity (Wildman–Crippen MR) is 82.4 cm³/mol. The van der Waals surface area contributed by atoms with E-state index in [0.29, 0.717) is 5.65 Å². The Morgan fingerprint density at radius 2 is 2.00 bits per heavy atom. The minimum absolute atomic E-state index is 0. The SMILES string of the molecule is CN(C)C(N)=NCc1nnc2ccc(C(F)(F)F)cn12.I. The van der Waals surface area contributed by atoms with Crippen molar-refractivity contribution in [2.24, 2.45) is 10.7 Å². The van der Waals surface area contributed by atoms with Crippen molar-refractivity contribution in [1.29, 1.82) is 0 Å². The molecule has 116 valence electrons. The minimum atomic E-state index is -4.42. The van der Waals surface area contributed by atoms with Gasteiger partial charge in [-0.25, -0.2) is 4.99 Å². The number of guanidine groups is 1. The van der Waals surface area contributed by atoms with Crippen LogP contribution in [0.1, 0.15) is 11.4 Å². The van der Waals surface area contributed by atoms with Crippen molar-refractivity contribution in [3.8, 4) is 0 Å². The first kappa shape index (κ1) is 17.5. The van der Waals surface area contributed by atoms with E-state index in [1.165, 1.54) is 10.5 Å². The molecule has 0 aliphatic carbocycles. The molecule has 0 amide bonds. The van der Waals surface area contributed by atoms with Gasteiger partial charge in [-0.1, -0.05) is 0 Å². The molecule has 6 nitrogen and oxygen atoms in total. The molecule has 0 aromatic carbocycles. The molecule has 2 aromatic rings. The lowest BCUT2D eigenvalue weighted by Gasteiger charge is -2.10. The van der Waals surface area contributed by atoms with Gasteiger partial charge in [-0.05, 0) is 12.1 Å². The van der Waals surface area contributed by atoms with Gasteiger partial charge in [0, 0.05) is 20.3 Å². The van der Waals surface area contributed by atoms with Crippen LogP contribution in [0.2, 0.25) is 0 Å². The van der Waals surface area contributed by atoms with Crippen LogP contribution in [0.15, 0.2) is 23.3 Å². The van der Waals surface area contributed by atoms with Crippen LogP contribution in [-0.4, -0.2) is 39.6 Å². The van der Waals surface area contributed by atoms with E-state index in [1.807, 2.05) is 0 Å². The lowest BCUT2D eigenvalue weighted by molar-refractivity contribution is -0.137. The highest BCUT2D eigenvalue weighted by Crippen LogP contribution is 2.29. The summed E-state index contributed by atoms with van der Waals surface area (Å²) in [6.45, 7) is 0.0481. The Labute approximate surface area is 135 Å². The maximum Gasteiger partial charge on any atom is 0.417 e. The number of alkyl halides is 3. The molecule has 0 saturated heterocycles. The second-order valence-electron chi connectivity index (χ2n) is 4.33. The van der Waals surface area contributed by atoms with Crippen LogP contribution in [0.3, 0.4) is 0 Å². The van der Waals surface area contributed by atoms with Gasteiger partial charge in [0.05, 0.1) is 5.56 Å². The number of hydrogen-bond acceptors (Lipinski definition) is 3. The van der Waals surface area contributed by atoms with Crippen LogP contribution in [0.5, 0.6) is 0 Å². The molecule has 2 heterocycles. The number of fused-ring (bicyclic) bond motifs is 1. The van der Waals surface area contributed by atoms with Gasteiger partial charge in [0.15, 0.2) is 17.4 Å². The molecule has 0 saturated carbocycles. The normalized spacial score (nSPS) is 12.3. The standard InChI is InChI=1S/C11H13F3N6.HI/c1-19(2)10(15)16-5-9-18-17-8-4-3-7(6-20(8)9)11(12,13)14;/h3-4,6H,5H2,1-2H3,(H2,15,16);1H. The number of nitrogens with zero attached hydrogens (tertiary/aromatic N) is 5. The predicted octanol–water partition coefficient (Wildman–Crippen LogP) is 1.74. The number of nitrogens with two attached hydrogens (primary N) is 1. The smallest absolute Gasteiger partial charge is 0.370 e. The highest BCUT2D eigenvalue weighted by molar-refractivity contribution is 14.0. The van der Waals surface area contributed by atoms with E-state index in [1.54, 1.807) is 19.0 Å². The summed E-state index contributed by atoms with van der Waals surface area (Å²) < 4.78 is 39.3. The first-order chi connectivity index (χ1) is 9.29. The Balaban J connectivity index is 0.00000220. The highest BCUT2D eigenvalue weighted by Gasteiger charge is 2.31. The van der Waals surface area contributed by atoms with Gasteiger partial charge in [0.2, 0.25) is 0 Å². The Morgan fingerprint density at radius 1 is 1.33 bits per heavy atom. The lowest BCUT2D eigenvalue weighted by Crippen LogP contribution is -2.30. The molecule has 21 heavy (non-hydrogen) atoms. The van der Waals surface area contributed by atoms with Crippen LogP contribution in [0.25, 0.3) is 5.65 Å². The first-order valence-electron chi connectivity index (χ1n) is 5.67. The fraction of sp³-hybridized carbons (Fsp3) is 0.364. The molecule has 0 fully saturated rings. The first-order valence-corrected chi connectivity index (χ1v) is 5.67. The van der Waals surface area contributed by atoms with Gasteiger partial charge < -0.3 is 10.6 Å². The van der Waals surface area contributed by atoms with Crippen molar-refractivity contribution in [2.45, 2.75) is 12.7 Å². The number of hydrogen-bond donors (Lipinski definition) is 1. The zero-order valence-electron chi connectivity index (χ0n) is 11.3. The number of pyridine rings is 1. The fourth-order valence-electron chi connectivity index (χ4n) is 1.51. The molecule has 0 bridgehead atoms. The number of halogens is 4. The lowest BCUT2D eigenvalue weighted by atomic mass is 10.3. The van der Waals surface area contributed by atoms with Crippen molar-refractivity contribution >= 4 is 35.6 Å². The molecule has 2 rings (SSSR count). The molecular weight excluding hydrogens is 400 g/mol. The molecule has 0 atom stereocenters. The third kappa shape index (κ3) is 3.95. The molecule has 2 aromatic heterocycles. The van der Waals surface area contributed by atoms with Crippen LogP contribution in [0.4, 0.5) is 13.2 Å². The molecular formula is C11H14F3IN6. The van der Waals surface area contributed by atoms with Gasteiger partial charge in [-0.15, -0.1) is 34.2 Å². The summed E-state index contributed by atoms with van der Waals surface area (Å²) in [5.74, 6) is 0.546. The average Bonchev–Trinajstić information content (AvgIpc) is 2.77. The third-order valence-corrected chi connectivity index (χ3v) is 2.64. The van der Waals surface area contributed by atoms with E-state index >= 15 is 0 Å².